The maximum absolute atomic E-state index is 12.8. The summed E-state index contributed by atoms with van der Waals surface area (Å²) in [5, 5.41) is 0. The molecule has 0 N–H and O–H groups in total. The molecule has 0 aromatic rings. The smallest absolute Gasteiger partial charge is 0.306 e. The van der Waals surface area contributed by atoms with E-state index >= 15 is 0 Å². The Morgan fingerprint density at radius 3 is 0.831 bits per heavy atom. The van der Waals surface area contributed by atoms with Gasteiger partial charge in [0.25, 0.3) is 0 Å². The fourth-order valence-corrected chi connectivity index (χ4v) is 8.04. The van der Waals surface area contributed by atoms with Gasteiger partial charge in [0.2, 0.25) is 0 Å². The minimum Gasteiger partial charge on any atom is -0.462 e. The fourth-order valence-electron chi connectivity index (χ4n) is 8.04. The third-order valence-electron chi connectivity index (χ3n) is 12.0. The Morgan fingerprint density at radius 2 is 0.559 bits per heavy atom. The predicted molar refractivity (Wildman–Crippen MR) is 252 cm³/mol. The zero-order valence-corrected chi connectivity index (χ0v) is 40.2. The topological polar surface area (TPSA) is 78.9 Å². The van der Waals surface area contributed by atoms with Crippen LogP contribution in [0.2, 0.25) is 0 Å². The van der Waals surface area contributed by atoms with Gasteiger partial charge in [0, 0.05) is 19.3 Å². The Bertz CT molecular complexity index is 887. The molecule has 0 fully saturated rings. The highest BCUT2D eigenvalue weighted by molar-refractivity contribution is 5.71. The van der Waals surface area contributed by atoms with E-state index in [4.69, 9.17) is 14.2 Å². The van der Waals surface area contributed by atoms with E-state index in [1.807, 2.05) is 0 Å². The van der Waals surface area contributed by atoms with Gasteiger partial charge in [-0.1, -0.05) is 259 Å². The van der Waals surface area contributed by atoms with Crippen LogP contribution in [-0.2, 0) is 28.6 Å². The molecule has 0 amide bonds. The highest BCUT2D eigenvalue weighted by atomic mass is 16.6. The first-order valence-electron chi connectivity index (χ1n) is 26.4. The van der Waals surface area contributed by atoms with Crippen molar-refractivity contribution >= 4 is 17.9 Å². The normalized spacial score (nSPS) is 11.9. The first-order valence-corrected chi connectivity index (χ1v) is 26.4. The van der Waals surface area contributed by atoms with E-state index in [0.29, 0.717) is 19.3 Å². The molecule has 0 rings (SSSR count). The first-order chi connectivity index (χ1) is 28.9. The molecule has 1 atom stereocenters. The molecule has 0 aliphatic carbocycles. The van der Waals surface area contributed by atoms with Gasteiger partial charge in [-0.3, -0.25) is 14.4 Å². The molecule has 59 heavy (non-hydrogen) atoms. The van der Waals surface area contributed by atoms with Crippen molar-refractivity contribution in [2.24, 2.45) is 5.92 Å². The molecular weight excluding hydrogens is 733 g/mol. The van der Waals surface area contributed by atoms with Crippen molar-refractivity contribution in [2.75, 3.05) is 13.2 Å². The second-order valence-corrected chi connectivity index (χ2v) is 18.6. The predicted octanol–water partition coefficient (Wildman–Crippen LogP) is 17.1. The summed E-state index contributed by atoms with van der Waals surface area (Å²) in [7, 11) is 0. The molecule has 6 heteroatoms. The second kappa shape index (κ2) is 47.5. The van der Waals surface area contributed by atoms with Gasteiger partial charge in [-0.15, -0.1) is 0 Å². The van der Waals surface area contributed by atoms with Crippen molar-refractivity contribution < 1.29 is 28.6 Å². The molecule has 0 aromatic heterocycles. The molecule has 350 valence electrons. The average molecular weight is 835 g/mol. The lowest BCUT2D eigenvalue weighted by molar-refractivity contribution is -0.167. The number of hydrogen-bond acceptors (Lipinski definition) is 6. The summed E-state index contributed by atoms with van der Waals surface area (Å²) >= 11 is 0. The van der Waals surface area contributed by atoms with Gasteiger partial charge in [0.15, 0.2) is 6.10 Å². The van der Waals surface area contributed by atoms with Gasteiger partial charge in [0.05, 0.1) is 0 Å². The molecule has 0 saturated carbocycles. The standard InChI is InChI=1S/C53H102O6/c1-5-7-9-11-13-15-17-25-29-33-37-41-45-52(55)58-48-50(47-57-51(54)44-40-36-32-28-23-16-14-12-10-8-6-2)59-53(56)46-42-38-34-30-26-22-20-18-19-21-24-27-31-35-39-43-49(3)4/h49-50H,5-48H2,1-4H3/t50-/m1/s1. The number of ether oxygens (including phenoxy) is 3. The van der Waals surface area contributed by atoms with Gasteiger partial charge < -0.3 is 14.2 Å². The van der Waals surface area contributed by atoms with Gasteiger partial charge in [-0.25, -0.2) is 0 Å². The Labute approximate surface area is 368 Å². The second-order valence-electron chi connectivity index (χ2n) is 18.6. The molecule has 6 nitrogen and oxygen atoms in total. The number of rotatable bonds is 48. The maximum atomic E-state index is 12.8. The van der Waals surface area contributed by atoms with E-state index in [0.717, 1.165) is 63.7 Å². The molecule has 0 spiro atoms. The van der Waals surface area contributed by atoms with Crippen molar-refractivity contribution in [3.63, 3.8) is 0 Å². The third-order valence-corrected chi connectivity index (χ3v) is 12.0. The van der Waals surface area contributed by atoms with Crippen molar-refractivity contribution in [1.29, 1.82) is 0 Å². The van der Waals surface area contributed by atoms with Crippen LogP contribution in [0.5, 0.6) is 0 Å². The van der Waals surface area contributed by atoms with Crippen LogP contribution in [0.15, 0.2) is 0 Å². The first kappa shape index (κ1) is 57.4. The molecule has 0 radical (unpaired) electrons. The summed E-state index contributed by atoms with van der Waals surface area (Å²) in [6.45, 7) is 9.03. The molecule has 0 bridgehead atoms. The van der Waals surface area contributed by atoms with Crippen LogP contribution in [-0.4, -0.2) is 37.2 Å². The van der Waals surface area contributed by atoms with Crippen molar-refractivity contribution in [3.05, 3.63) is 0 Å². The van der Waals surface area contributed by atoms with E-state index in [2.05, 4.69) is 27.7 Å². The van der Waals surface area contributed by atoms with Gasteiger partial charge in [-0.05, 0) is 25.2 Å². The van der Waals surface area contributed by atoms with Crippen LogP contribution in [0.4, 0.5) is 0 Å². The third kappa shape index (κ3) is 47.3. The van der Waals surface area contributed by atoms with Gasteiger partial charge in [0.1, 0.15) is 13.2 Å². The highest BCUT2D eigenvalue weighted by Crippen LogP contribution is 2.17. The van der Waals surface area contributed by atoms with Crippen LogP contribution < -0.4 is 0 Å². The molecule has 0 heterocycles. The van der Waals surface area contributed by atoms with Gasteiger partial charge in [-0.2, -0.15) is 0 Å². The highest BCUT2D eigenvalue weighted by Gasteiger charge is 2.19. The lowest BCUT2D eigenvalue weighted by Crippen LogP contribution is -2.30. The van der Waals surface area contributed by atoms with Crippen LogP contribution in [0.3, 0.4) is 0 Å². The number of unbranched alkanes of at least 4 members (excludes halogenated alkanes) is 35. The quantitative estimate of drug-likeness (QED) is 0.0345. The molecule has 0 unspecified atom stereocenters. The average Bonchev–Trinajstić information content (AvgIpc) is 3.22. The summed E-state index contributed by atoms with van der Waals surface area (Å²) in [6.07, 6.45) is 49.4. The summed E-state index contributed by atoms with van der Waals surface area (Å²) in [5.74, 6) is 0.00470. The van der Waals surface area contributed by atoms with E-state index in [1.165, 1.54) is 193 Å². The van der Waals surface area contributed by atoms with Crippen LogP contribution in [0.25, 0.3) is 0 Å². The largest absolute Gasteiger partial charge is 0.462 e. The van der Waals surface area contributed by atoms with Gasteiger partial charge >= 0.3 is 17.9 Å². The van der Waals surface area contributed by atoms with Crippen molar-refractivity contribution in [2.45, 2.75) is 303 Å². The minimum atomic E-state index is -0.760. The Balaban J connectivity index is 4.27. The van der Waals surface area contributed by atoms with E-state index in [-0.39, 0.29) is 31.1 Å². The van der Waals surface area contributed by atoms with Crippen LogP contribution >= 0.6 is 0 Å². The number of esters is 3. The molecule has 0 aromatic carbocycles. The Kier molecular flexibility index (Phi) is 46.2. The maximum Gasteiger partial charge on any atom is 0.306 e. The number of carbonyl (C=O) groups excluding carboxylic acids is 3. The molecule has 0 aliphatic heterocycles. The van der Waals surface area contributed by atoms with E-state index in [9.17, 15) is 14.4 Å². The SMILES string of the molecule is CCCCCCCCCCCCCCC(=O)OC[C@@H](COC(=O)CCCCCCCCCCCCC)OC(=O)CCCCCCCCCCCCCCCCCC(C)C. The van der Waals surface area contributed by atoms with Crippen LogP contribution in [0.1, 0.15) is 297 Å². The van der Waals surface area contributed by atoms with Crippen molar-refractivity contribution in [1.82, 2.24) is 0 Å². The van der Waals surface area contributed by atoms with E-state index < -0.39 is 6.10 Å². The summed E-state index contributed by atoms with van der Waals surface area (Å²) in [6, 6.07) is 0. The lowest BCUT2D eigenvalue weighted by Gasteiger charge is -2.18. The summed E-state index contributed by atoms with van der Waals surface area (Å²) in [4.78, 5) is 37.9. The van der Waals surface area contributed by atoms with E-state index in [1.54, 1.807) is 0 Å². The fraction of sp³-hybridized carbons (Fsp3) is 0.943. The van der Waals surface area contributed by atoms with Crippen LogP contribution in [0, 0.1) is 5.92 Å². The lowest BCUT2D eigenvalue weighted by atomic mass is 10.0. The molecular formula is C53H102O6. The molecule has 0 saturated heterocycles. The Hall–Kier alpha value is -1.59. The minimum absolute atomic E-state index is 0.0625. The Morgan fingerprint density at radius 1 is 0.322 bits per heavy atom. The zero-order valence-electron chi connectivity index (χ0n) is 40.2. The summed E-state index contributed by atoms with van der Waals surface area (Å²) in [5.41, 5.74) is 0. The monoisotopic (exact) mass is 835 g/mol. The molecule has 0 aliphatic rings. The zero-order chi connectivity index (χ0) is 43.1. The number of carbonyl (C=O) groups is 3. The number of hydrogen-bond donors (Lipinski definition) is 0. The summed E-state index contributed by atoms with van der Waals surface area (Å²) < 4.78 is 16.8. The van der Waals surface area contributed by atoms with Crippen molar-refractivity contribution in [3.8, 4) is 0 Å².